The highest BCUT2D eigenvalue weighted by atomic mass is 19.1. The van der Waals surface area contributed by atoms with Gasteiger partial charge >= 0.3 is 0 Å². The summed E-state index contributed by atoms with van der Waals surface area (Å²) in [6, 6.07) is 10.2. The predicted octanol–water partition coefficient (Wildman–Crippen LogP) is 2.83. The van der Waals surface area contributed by atoms with Crippen molar-refractivity contribution < 1.29 is 18.3 Å². The molecule has 0 unspecified atom stereocenters. The smallest absolute Gasteiger partial charge is 0.251 e. The van der Waals surface area contributed by atoms with E-state index in [1.807, 2.05) is 0 Å². The molecular weight excluding hydrogens is 406 g/mol. The topological polar surface area (TPSA) is 86.9 Å². The van der Waals surface area contributed by atoms with Crippen molar-refractivity contribution in [3.63, 3.8) is 0 Å². The number of fused-ring (bicyclic) bond motifs is 3. The van der Waals surface area contributed by atoms with Crippen LogP contribution < -0.4 is 10.1 Å². The molecule has 4 aromatic rings. The molecule has 1 amide bonds. The van der Waals surface area contributed by atoms with Gasteiger partial charge in [-0.2, -0.15) is 10.2 Å². The van der Waals surface area contributed by atoms with Crippen LogP contribution in [-0.4, -0.2) is 44.1 Å². The Kier molecular flexibility index (Phi) is 4.46. The highest BCUT2D eigenvalue weighted by Crippen LogP contribution is 2.35. The van der Waals surface area contributed by atoms with Gasteiger partial charge in [0.1, 0.15) is 35.9 Å². The van der Waals surface area contributed by atoms with Crippen LogP contribution in [0.4, 0.5) is 8.78 Å². The number of carbonyl (C=O) groups excluding carboxylic acids is 1. The van der Waals surface area contributed by atoms with Crippen LogP contribution in [-0.2, 0) is 6.54 Å². The number of carbonyl (C=O) groups is 1. The first-order valence-corrected chi connectivity index (χ1v) is 9.48. The van der Waals surface area contributed by atoms with Gasteiger partial charge in [-0.3, -0.25) is 9.48 Å². The summed E-state index contributed by atoms with van der Waals surface area (Å²) in [4.78, 5) is 16.2. The molecule has 0 radical (unpaired) electrons. The number of amides is 1. The van der Waals surface area contributed by atoms with Crippen molar-refractivity contribution in [3.05, 3.63) is 66.0 Å². The molecule has 0 spiro atoms. The highest BCUT2D eigenvalue weighted by molar-refractivity contribution is 5.95. The maximum atomic E-state index is 14.3. The van der Waals surface area contributed by atoms with Crippen molar-refractivity contribution in [1.82, 2.24) is 29.9 Å². The Morgan fingerprint density at radius 3 is 2.84 bits per heavy atom. The molecule has 1 N–H and O–H groups in total. The lowest BCUT2D eigenvalue weighted by atomic mass is 10.1. The summed E-state index contributed by atoms with van der Waals surface area (Å²) in [5.41, 5.74) is 2.56. The van der Waals surface area contributed by atoms with Crippen LogP contribution in [0.1, 0.15) is 10.4 Å². The molecule has 31 heavy (non-hydrogen) atoms. The van der Waals surface area contributed by atoms with E-state index in [0.717, 1.165) is 23.4 Å². The molecule has 156 valence electrons. The minimum atomic E-state index is -0.756. The van der Waals surface area contributed by atoms with Gasteiger partial charge in [-0.15, -0.1) is 0 Å². The number of nitrogens with one attached hydrogen (secondary N) is 1. The fraction of sp³-hybridized carbons (Fsp3) is 0.143. The summed E-state index contributed by atoms with van der Waals surface area (Å²) in [7, 11) is 1.57. The number of rotatable bonds is 3. The molecule has 1 aliphatic heterocycles. The summed E-state index contributed by atoms with van der Waals surface area (Å²) in [6.45, 7) is 0.829. The molecule has 10 heteroatoms. The van der Waals surface area contributed by atoms with Gasteiger partial charge in [0.15, 0.2) is 11.6 Å². The van der Waals surface area contributed by atoms with Gasteiger partial charge in [0.25, 0.3) is 5.91 Å². The van der Waals surface area contributed by atoms with Crippen LogP contribution >= 0.6 is 0 Å². The number of halogens is 2. The Morgan fingerprint density at radius 2 is 2.03 bits per heavy atom. The van der Waals surface area contributed by atoms with Crippen molar-refractivity contribution in [3.8, 4) is 34.2 Å². The lowest BCUT2D eigenvalue weighted by molar-refractivity contribution is 0.0962. The molecule has 5 rings (SSSR count). The number of ether oxygens (including phenoxy) is 1. The summed E-state index contributed by atoms with van der Waals surface area (Å²) in [5, 5.41) is 11.3. The van der Waals surface area contributed by atoms with E-state index in [1.54, 1.807) is 36.0 Å². The second-order valence-electron chi connectivity index (χ2n) is 6.87. The molecule has 0 atom stereocenters. The maximum absolute atomic E-state index is 14.3. The minimum Gasteiger partial charge on any atom is -0.491 e. The molecule has 8 nitrogen and oxygen atoms in total. The standard InChI is InChI=1S/C21H16F2N6O2/c1-24-21(30)12-2-4-14-18-10-16(27-28(18)6-7-31-19(14)8-12)20-25-11-26-29(20)17-5-3-13(22)9-15(17)23/h2-5,8-11H,6-7H2,1H3,(H,24,30). The maximum Gasteiger partial charge on any atom is 0.251 e. The zero-order chi connectivity index (χ0) is 21.5. The largest absolute Gasteiger partial charge is 0.491 e. The highest BCUT2D eigenvalue weighted by Gasteiger charge is 2.23. The van der Waals surface area contributed by atoms with Gasteiger partial charge < -0.3 is 10.1 Å². The second kappa shape index (κ2) is 7.31. The lowest BCUT2D eigenvalue weighted by Crippen LogP contribution is -2.17. The van der Waals surface area contributed by atoms with E-state index in [9.17, 15) is 13.6 Å². The molecule has 0 fully saturated rings. The molecule has 0 bridgehead atoms. The average Bonchev–Trinajstić information content (AvgIpc) is 3.37. The fourth-order valence-corrected chi connectivity index (χ4v) is 3.54. The molecule has 2 aromatic carbocycles. The van der Waals surface area contributed by atoms with Crippen LogP contribution in [0.15, 0.2) is 48.8 Å². The molecule has 2 aromatic heterocycles. The number of hydrogen-bond donors (Lipinski definition) is 1. The summed E-state index contributed by atoms with van der Waals surface area (Å²) < 4.78 is 36.5. The molecule has 3 heterocycles. The van der Waals surface area contributed by atoms with Gasteiger partial charge in [-0.25, -0.2) is 18.4 Å². The molecule has 1 aliphatic rings. The normalized spacial score (nSPS) is 12.5. The van der Waals surface area contributed by atoms with Crippen molar-refractivity contribution in [1.29, 1.82) is 0 Å². The Morgan fingerprint density at radius 1 is 1.16 bits per heavy atom. The summed E-state index contributed by atoms with van der Waals surface area (Å²) in [5.74, 6) is -0.760. The van der Waals surface area contributed by atoms with Gasteiger partial charge in [-0.1, -0.05) is 0 Å². The number of benzene rings is 2. The van der Waals surface area contributed by atoms with Gasteiger partial charge in [0, 0.05) is 24.2 Å². The first-order chi connectivity index (χ1) is 15.0. The lowest BCUT2D eigenvalue weighted by Gasteiger charge is -2.08. The number of aromatic nitrogens is 5. The Bertz CT molecular complexity index is 1310. The first-order valence-electron chi connectivity index (χ1n) is 9.48. The second-order valence-corrected chi connectivity index (χ2v) is 6.87. The van der Waals surface area contributed by atoms with Crippen molar-refractivity contribution in [2.24, 2.45) is 0 Å². The van der Waals surface area contributed by atoms with Gasteiger partial charge in [0.05, 0.1) is 12.2 Å². The van der Waals surface area contributed by atoms with Crippen molar-refractivity contribution >= 4 is 5.91 Å². The third kappa shape index (κ3) is 3.21. The van der Waals surface area contributed by atoms with E-state index in [1.165, 1.54) is 17.1 Å². The Balaban J connectivity index is 1.60. The Labute approximate surface area is 175 Å². The van der Waals surface area contributed by atoms with Gasteiger partial charge in [0.2, 0.25) is 0 Å². The first kappa shape index (κ1) is 18.9. The van der Waals surface area contributed by atoms with E-state index >= 15 is 0 Å². The van der Waals surface area contributed by atoms with E-state index in [4.69, 9.17) is 4.74 Å². The van der Waals surface area contributed by atoms with E-state index < -0.39 is 11.6 Å². The number of nitrogens with zero attached hydrogens (tertiary/aromatic N) is 5. The van der Waals surface area contributed by atoms with Crippen LogP contribution in [0.2, 0.25) is 0 Å². The average molecular weight is 422 g/mol. The fourth-order valence-electron chi connectivity index (χ4n) is 3.54. The summed E-state index contributed by atoms with van der Waals surface area (Å²) >= 11 is 0. The zero-order valence-corrected chi connectivity index (χ0v) is 16.3. The van der Waals surface area contributed by atoms with Gasteiger partial charge in [-0.05, 0) is 36.4 Å². The van der Waals surface area contributed by atoms with E-state index in [2.05, 4.69) is 20.5 Å². The van der Waals surface area contributed by atoms with E-state index in [0.29, 0.717) is 36.0 Å². The number of hydrogen-bond acceptors (Lipinski definition) is 5. The summed E-state index contributed by atoms with van der Waals surface area (Å²) in [6.07, 6.45) is 1.29. The van der Waals surface area contributed by atoms with Crippen molar-refractivity contribution in [2.75, 3.05) is 13.7 Å². The zero-order valence-electron chi connectivity index (χ0n) is 16.3. The molecule has 0 aliphatic carbocycles. The van der Waals surface area contributed by atoms with Crippen molar-refractivity contribution in [2.45, 2.75) is 6.54 Å². The third-order valence-corrected chi connectivity index (χ3v) is 5.00. The van der Waals surface area contributed by atoms with Crippen LogP contribution in [0.25, 0.3) is 28.5 Å². The van der Waals surface area contributed by atoms with Crippen LogP contribution in [0, 0.1) is 11.6 Å². The third-order valence-electron chi connectivity index (χ3n) is 5.00. The monoisotopic (exact) mass is 422 g/mol. The van der Waals surface area contributed by atoms with E-state index in [-0.39, 0.29) is 11.6 Å². The minimum absolute atomic E-state index is 0.0658. The SMILES string of the molecule is CNC(=O)c1ccc2c(c1)OCCn1nc(-c3ncnn3-c3ccc(F)cc3F)cc1-2. The molecule has 0 saturated heterocycles. The molecule has 0 saturated carbocycles. The molecular formula is C21H16F2N6O2. The van der Waals surface area contributed by atoms with Crippen LogP contribution in [0.5, 0.6) is 5.75 Å². The predicted molar refractivity (Wildman–Crippen MR) is 107 cm³/mol. The Hall–Kier alpha value is -4.08. The van der Waals surface area contributed by atoms with Crippen LogP contribution in [0.3, 0.4) is 0 Å². The quantitative estimate of drug-likeness (QED) is 0.549.